The minimum absolute atomic E-state index is 0.310. The number of halogens is 1. The van der Waals surface area contributed by atoms with Gasteiger partial charge in [0.05, 0.1) is 33.7 Å². The number of benzene rings is 1. The van der Waals surface area contributed by atoms with Gasteiger partial charge < -0.3 is 0 Å². The maximum Gasteiger partial charge on any atom is 0.229 e. The highest BCUT2D eigenvalue weighted by atomic mass is 35.5. The molecule has 0 aliphatic rings. The number of aromatic nitrogens is 2. The highest BCUT2D eigenvalue weighted by Gasteiger charge is 2.17. The van der Waals surface area contributed by atoms with Gasteiger partial charge >= 0.3 is 0 Å². The number of hydrogen-bond donors (Lipinski definition) is 1. The molecule has 0 amide bonds. The lowest BCUT2D eigenvalue weighted by atomic mass is 10.1. The van der Waals surface area contributed by atoms with E-state index in [1.165, 1.54) is 11.3 Å². The molecule has 1 N–H and O–H groups in total. The Bertz CT molecular complexity index is 1010. The quantitative estimate of drug-likeness (QED) is 0.732. The number of nitrogens with zero attached hydrogens (tertiary/aromatic N) is 2. The molecular weight excluding hydrogens is 366 g/mol. The molecule has 0 atom stereocenters. The van der Waals surface area contributed by atoms with Crippen molar-refractivity contribution in [2.75, 3.05) is 11.0 Å². The molecule has 0 saturated carbocycles. The zero-order valence-corrected chi connectivity index (χ0v) is 15.7. The smallest absolute Gasteiger partial charge is 0.229 e. The Morgan fingerprint density at radius 1 is 1.33 bits per heavy atom. The fourth-order valence-corrected chi connectivity index (χ4v) is 4.18. The molecule has 3 rings (SSSR count). The minimum atomic E-state index is -3.43. The normalized spacial score (nSPS) is 12.0. The average molecular weight is 381 g/mol. The molecule has 0 saturated heterocycles. The van der Waals surface area contributed by atoms with Crippen LogP contribution in [0, 0.1) is 6.20 Å². The molecule has 0 spiro atoms. The topological polar surface area (TPSA) is 72.0 Å². The van der Waals surface area contributed by atoms with Crippen molar-refractivity contribution in [1.29, 1.82) is 0 Å². The van der Waals surface area contributed by atoms with E-state index < -0.39 is 10.0 Å². The Morgan fingerprint density at radius 2 is 2.08 bits per heavy atom. The summed E-state index contributed by atoms with van der Waals surface area (Å²) < 4.78 is 25.7. The fraction of sp³-hybridized carbons (Fsp3) is 0.250. The number of fused-ring (bicyclic) bond motifs is 1. The lowest BCUT2D eigenvalue weighted by Crippen LogP contribution is -2.10. The summed E-state index contributed by atoms with van der Waals surface area (Å²) in [5, 5.41) is 3.62. The van der Waals surface area contributed by atoms with Gasteiger partial charge in [-0.15, -0.1) is 11.3 Å². The summed E-state index contributed by atoms with van der Waals surface area (Å²) in [6.45, 7) is 4.13. The number of nitrogens with one attached hydrogen (secondary N) is 1. The molecule has 8 heteroatoms. The summed E-state index contributed by atoms with van der Waals surface area (Å²) in [7, 11) is -3.43. The minimum Gasteiger partial charge on any atom is -0.283 e. The van der Waals surface area contributed by atoms with Gasteiger partial charge in [0.25, 0.3) is 0 Å². The number of pyridine rings is 1. The molecule has 2 heterocycles. The zero-order valence-electron chi connectivity index (χ0n) is 13.3. The monoisotopic (exact) mass is 380 g/mol. The van der Waals surface area contributed by atoms with E-state index in [-0.39, 0.29) is 0 Å². The average Bonchev–Trinajstić information content (AvgIpc) is 2.96. The SMILES string of the molecule is CC(C)c1csc(-c2[c]nc3cccc(NS(C)(=O)=O)c3c2Cl)n1. The van der Waals surface area contributed by atoms with Crippen LogP contribution >= 0.6 is 22.9 Å². The van der Waals surface area contributed by atoms with Gasteiger partial charge in [-0.05, 0) is 18.1 Å². The Hall–Kier alpha value is -1.70. The molecule has 1 radical (unpaired) electrons. The van der Waals surface area contributed by atoms with Crippen LogP contribution in [0.5, 0.6) is 0 Å². The van der Waals surface area contributed by atoms with E-state index in [1.807, 2.05) is 5.38 Å². The van der Waals surface area contributed by atoms with E-state index in [0.29, 0.717) is 38.1 Å². The first-order chi connectivity index (χ1) is 11.3. The van der Waals surface area contributed by atoms with Crippen LogP contribution in [0.3, 0.4) is 0 Å². The summed E-state index contributed by atoms with van der Waals surface area (Å²) in [6.07, 6.45) is 4.02. The van der Waals surface area contributed by atoms with E-state index in [0.717, 1.165) is 11.9 Å². The summed E-state index contributed by atoms with van der Waals surface area (Å²) in [5.74, 6) is 0.310. The van der Waals surface area contributed by atoms with Crippen LogP contribution in [0.25, 0.3) is 21.5 Å². The Kier molecular flexibility index (Phi) is 4.50. The lowest BCUT2D eigenvalue weighted by molar-refractivity contribution is 0.607. The van der Waals surface area contributed by atoms with Gasteiger partial charge in [0.15, 0.2) is 0 Å². The van der Waals surface area contributed by atoms with Crippen LogP contribution in [-0.4, -0.2) is 24.6 Å². The van der Waals surface area contributed by atoms with Crippen molar-refractivity contribution in [2.24, 2.45) is 0 Å². The van der Waals surface area contributed by atoms with Crippen LogP contribution in [0.1, 0.15) is 25.5 Å². The Labute approximate surface area is 149 Å². The second-order valence-electron chi connectivity index (χ2n) is 5.72. The molecule has 1 aromatic carbocycles. The Morgan fingerprint density at radius 3 is 2.71 bits per heavy atom. The predicted octanol–water partition coefficient (Wildman–Crippen LogP) is 4.31. The van der Waals surface area contributed by atoms with Crippen molar-refractivity contribution >= 4 is 49.6 Å². The molecular formula is C16H15ClN3O2S2. The van der Waals surface area contributed by atoms with Crippen LogP contribution in [0.2, 0.25) is 5.02 Å². The second kappa shape index (κ2) is 6.31. The molecule has 0 bridgehead atoms. The standard InChI is InChI=1S/C16H15ClN3O2S2/c1-9(2)13-8-23-16(19-13)10-7-18-11-5-4-6-12(14(11)15(10)17)20-24(3,21)22/h4-6,8-9,20H,1-3H3. The fourth-order valence-electron chi connectivity index (χ4n) is 2.25. The molecule has 0 aliphatic carbocycles. The first-order valence-corrected chi connectivity index (χ1v) is 10.3. The lowest BCUT2D eigenvalue weighted by Gasteiger charge is -2.10. The first kappa shape index (κ1) is 17.1. The third kappa shape index (κ3) is 3.38. The van der Waals surface area contributed by atoms with Gasteiger partial charge in [-0.1, -0.05) is 31.5 Å². The van der Waals surface area contributed by atoms with E-state index in [2.05, 4.69) is 34.7 Å². The van der Waals surface area contributed by atoms with Crippen molar-refractivity contribution in [3.63, 3.8) is 0 Å². The zero-order chi connectivity index (χ0) is 17.5. The largest absolute Gasteiger partial charge is 0.283 e. The maximum absolute atomic E-state index is 11.6. The van der Waals surface area contributed by atoms with Crippen LogP contribution < -0.4 is 4.72 Å². The van der Waals surface area contributed by atoms with E-state index >= 15 is 0 Å². The molecule has 0 aliphatic heterocycles. The van der Waals surface area contributed by atoms with Crippen LogP contribution in [-0.2, 0) is 10.0 Å². The van der Waals surface area contributed by atoms with Crippen molar-refractivity contribution < 1.29 is 8.42 Å². The van der Waals surface area contributed by atoms with Crippen LogP contribution in [0.15, 0.2) is 23.6 Å². The molecule has 24 heavy (non-hydrogen) atoms. The van der Waals surface area contributed by atoms with Crippen molar-refractivity contribution in [3.05, 3.63) is 40.5 Å². The summed E-state index contributed by atoms with van der Waals surface area (Å²) in [6, 6.07) is 5.13. The van der Waals surface area contributed by atoms with Gasteiger partial charge in [0, 0.05) is 10.8 Å². The molecule has 5 nitrogen and oxygen atoms in total. The van der Waals surface area contributed by atoms with E-state index in [9.17, 15) is 8.42 Å². The van der Waals surface area contributed by atoms with Gasteiger partial charge in [0.2, 0.25) is 10.0 Å². The second-order valence-corrected chi connectivity index (χ2v) is 8.70. The van der Waals surface area contributed by atoms with Gasteiger partial charge in [-0.3, -0.25) is 4.72 Å². The number of hydrogen-bond acceptors (Lipinski definition) is 5. The molecule has 0 unspecified atom stereocenters. The Balaban J connectivity index is 2.20. The van der Waals surface area contributed by atoms with Gasteiger partial charge in [0.1, 0.15) is 11.2 Å². The van der Waals surface area contributed by atoms with Crippen molar-refractivity contribution in [3.8, 4) is 10.6 Å². The van der Waals surface area contributed by atoms with E-state index in [1.54, 1.807) is 18.2 Å². The molecule has 0 fully saturated rings. The number of rotatable bonds is 4. The van der Waals surface area contributed by atoms with Crippen molar-refractivity contribution in [1.82, 2.24) is 9.97 Å². The summed E-state index contributed by atoms with van der Waals surface area (Å²) >= 11 is 8.03. The summed E-state index contributed by atoms with van der Waals surface area (Å²) in [5.41, 5.74) is 2.51. The van der Waals surface area contributed by atoms with Crippen LogP contribution in [0.4, 0.5) is 5.69 Å². The molecule has 3 aromatic rings. The maximum atomic E-state index is 11.6. The third-order valence-corrected chi connectivity index (χ3v) is 5.24. The number of sulfonamides is 1. The first-order valence-electron chi connectivity index (χ1n) is 7.20. The predicted molar refractivity (Wildman–Crippen MR) is 99.3 cm³/mol. The number of anilines is 1. The molecule has 125 valence electrons. The van der Waals surface area contributed by atoms with E-state index in [4.69, 9.17) is 11.6 Å². The highest BCUT2D eigenvalue weighted by molar-refractivity contribution is 7.92. The third-order valence-electron chi connectivity index (χ3n) is 3.39. The van der Waals surface area contributed by atoms with Gasteiger partial charge in [-0.25, -0.2) is 18.4 Å². The number of thiazole rings is 1. The van der Waals surface area contributed by atoms with Gasteiger partial charge in [-0.2, -0.15) is 0 Å². The molecule has 2 aromatic heterocycles. The van der Waals surface area contributed by atoms with Crippen molar-refractivity contribution in [2.45, 2.75) is 19.8 Å². The summed E-state index contributed by atoms with van der Waals surface area (Å²) in [4.78, 5) is 8.86. The highest BCUT2D eigenvalue weighted by Crippen LogP contribution is 2.38.